The number of carbonyl (C=O) groups is 6. The number of esters is 6. The lowest BCUT2D eigenvalue weighted by Crippen LogP contribution is -2.60. The van der Waals surface area contributed by atoms with Crippen LogP contribution in [0.1, 0.15) is 60.3 Å². The molecule has 0 radical (unpaired) electrons. The Bertz CT molecular complexity index is 2830. The van der Waals surface area contributed by atoms with Crippen molar-refractivity contribution >= 4 is 35.8 Å². The van der Waals surface area contributed by atoms with Gasteiger partial charge in [-0.05, 0) is 44.9 Å². The van der Waals surface area contributed by atoms with Crippen LogP contribution in [0.2, 0.25) is 0 Å². The number of rotatable bonds is 24. The van der Waals surface area contributed by atoms with Gasteiger partial charge in [0.15, 0.2) is 18.9 Å². The van der Waals surface area contributed by atoms with Crippen LogP contribution in [0.15, 0.2) is 70.5 Å². The van der Waals surface area contributed by atoms with Gasteiger partial charge in [-0.2, -0.15) is 0 Å². The third-order valence-corrected chi connectivity index (χ3v) is 18.1. The smallest absolute Gasteiger partial charge is 0.337 e. The first-order chi connectivity index (χ1) is 44.8. The zero-order chi connectivity index (χ0) is 69.2. The molecule has 33 heteroatoms. The maximum Gasteiger partial charge on any atom is 0.337 e. The van der Waals surface area contributed by atoms with Gasteiger partial charge >= 0.3 is 35.8 Å². The third-order valence-electron chi connectivity index (χ3n) is 18.1. The van der Waals surface area contributed by atoms with Crippen LogP contribution in [-0.2, 0) is 99.8 Å². The molecule has 33 nitrogen and oxygen atoms in total. The average Bonchev–Trinajstić information content (AvgIpc) is 0.882. The zero-order valence-corrected chi connectivity index (χ0v) is 52.8. The van der Waals surface area contributed by atoms with Gasteiger partial charge in [0.1, 0.15) is 79.4 Å². The molecule has 12 N–H and O–H groups in total. The molecule has 94 heavy (non-hydrogen) atoms. The molecule has 7 rings (SSSR count). The van der Waals surface area contributed by atoms with Crippen molar-refractivity contribution < 1.29 is 161 Å². The lowest BCUT2D eigenvalue weighted by molar-refractivity contribution is -0.327. The first-order valence-corrected chi connectivity index (χ1v) is 30.4. The summed E-state index contributed by atoms with van der Waals surface area (Å²) in [7, 11) is 3.28. The van der Waals surface area contributed by atoms with Crippen LogP contribution in [0.3, 0.4) is 0 Å². The van der Waals surface area contributed by atoms with E-state index in [4.69, 9.17) is 71.1 Å². The summed E-state index contributed by atoms with van der Waals surface area (Å²) < 4.78 is 84.5. The van der Waals surface area contributed by atoms with E-state index in [-0.39, 0.29) is 53.1 Å². The van der Waals surface area contributed by atoms with Gasteiger partial charge in [0.2, 0.25) is 18.9 Å². The number of aliphatic hydroxyl groups excluding tert-OH is 12. The Morgan fingerprint density at radius 2 is 0.830 bits per heavy atom. The predicted molar refractivity (Wildman–Crippen MR) is 307 cm³/mol. The van der Waals surface area contributed by atoms with Crippen molar-refractivity contribution in [3.63, 3.8) is 0 Å². The molecule has 1 aliphatic carbocycles. The summed E-state index contributed by atoms with van der Waals surface area (Å²) in [5.41, 5.74) is -0.0660. The standard InChI is InChI=1S/C61H86O33/c1-9-26-30(34(53(77)80-6)21-85-56(26)92-59-50(74)47(71)44(68)38(16-62)89-59)13-41(65)83-19-24(4)29-12-37(88-43(67)15-32-28(11-3)58(87-23-36(32)55(79)82-8)94-61-52(76)49(73)46(70)40(18-64)91-61)25(5)33(29)20-84-42(66)14-31-27(10-2)57(86-22-35(31)54(78)81-7)93-60-51(75)48(72)45(69)39(17-63)90-60/h9-11,21-25,29-33,37-40,44-52,56-64,68-76H,12-20H2,1-8H3/b26-9+,27-10+,28-11+/t24?,25-,29-,30-,31-,32-,33+,37-,38+,39+,40+,44+,45+,46+,47-,48-,49-,50+,51+,52+,56-,57-,58-,59-,60-,61-/m0/s1. The predicted octanol–water partition coefficient (Wildman–Crippen LogP) is -3.56. The van der Waals surface area contributed by atoms with Crippen LogP contribution in [0, 0.1) is 41.4 Å². The van der Waals surface area contributed by atoms with Crippen molar-refractivity contribution in [1.29, 1.82) is 0 Å². The Labute approximate surface area is 539 Å². The van der Waals surface area contributed by atoms with Gasteiger partial charge in [-0.15, -0.1) is 0 Å². The lowest BCUT2D eigenvalue weighted by Gasteiger charge is -2.42. The molecular weight excluding hydrogens is 1260 g/mol. The molecule has 4 fully saturated rings. The van der Waals surface area contributed by atoms with Gasteiger partial charge in [0.05, 0.1) is 109 Å². The van der Waals surface area contributed by atoms with Crippen LogP contribution in [-0.4, -0.2) is 269 Å². The summed E-state index contributed by atoms with van der Waals surface area (Å²) in [5.74, 6) is -11.5. The van der Waals surface area contributed by atoms with Crippen molar-refractivity contribution in [1.82, 2.24) is 0 Å². The van der Waals surface area contributed by atoms with E-state index in [1.54, 1.807) is 13.8 Å². The maximum atomic E-state index is 14.4. The third kappa shape index (κ3) is 16.7. The van der Waals surface area contributed by atoms with Crippen molar-refractivity contribution in [3.05, 3.63) is 70.5 Å². The highest BCUT2D eigenvalue weighted by Crippen LogP contribution is 2.46. The van der Waals surface area contributed by atoms with Crippen molar-refractivity contribution in [3.8, 4) is 0 Å². The minimum Gasteiger partial charge on any atom is -0.468 e. The van der Waals surface area contributed by atoms with Gasteiger partial charge in [-0.3, -0.25) is 14.4 Å². The molecule has 6 aliphatic heterocycles. The van der Waals surface area contributed by atoms with Crippen LogP contribution in [0.5, 0.6) is 0 Å². The van der Waals surface area contributed by atoms with E-state index in [0.29, 0.717) is 0 Å². The molecule has 0 aromatic carbocycles. The zero-order valence-electron chi connectivity index (χ0n) is 52.8. The minimum atomic E-state index is -1.86. The Morgan fingerprint density at radius 3 is 1.15 bits per heavy atom. The highest BCUT2D eigenvalue weighted by atomic mass is 16.8. The van der Waals surface area contributed by atoms with Gasteiger partial charge < -0.3 is 132 Å². The second-order valence-corrected chi connectivity index (χ2v) is 23.5. The minimum absolute atomic E-state index is 0.0460. The van der Waals surface area contributed by atoms with Gasteiger partial charge in [-0.1, -0.05) is 32.1 Å². The van der Waals surface area contributed by atoms with Crippen LogP contribution in [0.4, 0.5) is 0 Å². The first kappa shape index (κ1) is 75.3. The number of hydrogen-bond acceptors (Lipinski definition) is 33. The molecule has 6 heterocycles. The van der Waals surface area contributed by atoms with E-state index >= 15 is 0 Å². The van der Waals surface area contributed by atoms with Crippen molar-refractivity contribution in [2.75, 3.05) is 54.4 Å². The molecule has 0 aromatic rings. The Balaban J connectivity index is 1.11. The molecule has 1 saturated carbocycles. The molecule has 3 saturated heterocycles. The van der Waals surface area contributed by atoms with Crippen LogP contribution < -0.4 is 0 Å². The maximum absolute atomic E-state index is 14.4. The van der Waals surface area contributed by atoms with E-state index in [9.17, 15) is 90.0 Å². The van der Waals surface area contributed by atoms with E-state index in [1.807, 2.05) is 0 Å². The summed E-state index contributed by atoms with van der Waals surface area (Å²) in [5, 5.41) is 124. The number of hydrogen-bond donors (Lipinski definition) is 12. The molecule has 0 amide bonds. The SMILES string of the molecule is C/C=C1/[C@H](O[C@@H]2O[C@H](CO)[C@@H](O)[C@H](O)[C@H]2O)OC=C(C(=O)OC)[C@H]1CC(=O)OCC(C)[C@@H]1C[C@H](OC(=O)C[C@@H]2C(C(=O)OC)=CO[C@@H](O[C@@H]3O[C@H](CO)[C@@H](O)[C@H](O)[C@H]3O)/C2=C/C)[C@@H](C)[C@H]1COC(=O)C[C@@H]1C(C(=O)OC)=CO[C@@H](O[C@@H]2O[C@H](CO)[C@@H](O)[C@H](O)[C@H]2O)/C1=C/C. The average molecular weight is 1350 g/mol. The van der Waals surface area contributed by atoms with Crippen molar-refractivity contribution in [2.24, 2.45) is 41.4 Å². The number of methoxy groups -OCH3 is 3. The molecule has 0 bridgehead atoms. The van der Waals surface area contributed by atoms with Crippen LogP contribution >= 0.6 is 0 Å². The molecule has 1 unspecified atom stereocenters. The first-order valence-electron chi connectivity index (χ1n) is 30.4. The normalized spacial score (nSPS) is 39.1. The number of allylic oxidation sites excluding steroid dienone is 3. The van der Waals surface area contributed by atoms with Gasteiger partial charge in [0, 0.05) is 40.4 Å². The summed E-state index contributed by atoms with van der Waals surface area (Å²) in [6.45, 7) is 5.01. The van der Waals surface area contributed by atoms with E-state index < -0.39 is 233 Å². The fraction of sp³-hybridized carbons (Fsp3) is 0.705. The molecule has 528 valence electrons. The van der Waals surface area contributed by atoms with E-state index in [0.717, 1.165) is 40.1 Å². The summed E-state index contributed by atoms with van der Waals surface area (Å²) in [6, 6.07) is 0. The number of ether oxygens (including phenoxy) is 15. The second kappa shape index (κ2) is 33.7. The molecular formula is C61H86O33. The molecule has 0 aromatic heterocycles. The van der Waals surface area contributed by atoms with E-state index in [1.165, 1.54) is 39.0 Å². The highest BCUT2D eigenvalue weighted by Gasteiger charge is 2.52. The van der Waals surface area contributed by atoms with Gasteiger partial charge in [0.25, 0.3) is 0 Å². The van der Waals surface area contributed by atoms with Gasteiger partial charge in [-0.25, -0.2) is 14.4 Å². The molecule has 7 aliphatic rings. The fourth-order valence-electron chi connectivity index (χ4n) is 12.6. The highest BCUT2D eigenvalue weighted by molar-refractivity contribution is 5.92. The Morgan fingerprint density at radius 1 is 0.500 bits per heavy atom. The fourth-order valence-corrected chi connectivity index (χ4v) is 12.6. The molecule has 0 spiro atoms. The molecule has 26 atom stereocenters. The quantitative estimate of drug-likeness (QED) is 0.0253. The lowest BCUT2D eigenvalue weighted by atomic mass is 9.83. The Hall–Kier alpha value is -6.06. The topological polar surface area (TPSA) is 484 Å². The second-order valence-electron chi connectivity index (χ2n) is 23.5. The van der Waals surface area contributed by atoms with E-state index in [2.05, 4.69) is 0 Å². The monoisotopic (exact) mass is 1350 g/mol. The van der Waals surface area contributed by atoms with Crippen molar-refractivity contribution in [2.45, 2.75) is 177 Å². The number of carbonyl (C=O) groups excluding carboxylic acids is 6. The summed E-state index contributed by atoms with van der Waals surface area (Å²) in [4.78, 5) is 82.5. The largest absolute Gasteiger partial charge is 0.468 e. The summed E-state index contributed by atoms with van der Waals surface area (Å²) >= 11 is 0. The van der Waals surface area contributed by atoms with Crippen LogP contribution in [0.25, 0.3) is 0 Å². The Kier molecular flexibility index (Phi) is 27.0. The number of aliphatic hydroxyl groups is 12. The summed E-state index contributed by atoms with van der Waals surface area (Å²) in [6.07, 6.45) is -25.1.